The van der Waals surface area contributed by atoms with Gasteiger partial charge >= 0.3 is 0 Å². The summed E-state index contributed by atoms with van der Waals surface area (Å²) in [5.74, 6) is 0. The molecule has 1 unspecified atom stereocenters. The molecule has 0 radical (unpaired) electrons. The summed E-state index contributed by atoms with van der Waals surface area (Å²) >= 11 is 2.55. The maximum absolute atomic E-state index is 12.1. The summed E-state index contributed by atoms with van der Waals surface area (Å²) in [6, 6.07) is 1.10. The lowest BCUT2D eigenvalue weighted by Crippen LogP contribution is -2.26. The summed E-state index contributed by atoms with van der Waals surface area (Å²) < 4.78 is 26.9. The fraction of sp³-hybridized carbons (Fsp3) is 0.300. The minimum atomic E-state index is -3.52. The van der Waals surface area contributed by atoms with Gasteiger partial charge in [0.25, 0.3) is 10.0 Å². The number of nitrogen functional groups attached to an aromatic ring is 1. The summed E-state index contributed by atoms with van der Waals surface area (Å²) in [4.78, 5) is 4.26. The van der Waals surface area contributed by atoms with Crippen molar-refractivity contribution in [3.05, 3.63) is 27.5 Å². The van der Waals surface area contributed by atoms with Gasteiger partial charge in [-0.3, -0.25) is 0 Å². The van der Waals surface area contributed by atoms with Crippen LogP contribution in [0.5, 0.6) is 0 Å². The first-order chi connectivity index (χ1) is 8.38. The van der Waals surface area contributed by atoms with Crippen LogP contribution in [0.25, 0.3) is 0 Å². The van der Waals surface area contributed by atoms with Crippen molar-refractivity contribution in [2.45, 2.75) is 24.1 Å². The Bertz CT molecular complexity index is 645. The van der Waals surface area contributed by atoms with Crippen LogP contribution in [0.15, 0.2) is 21.0 Å². The van der Waals surface area contributed by atoms with Crippen molar-refractivity contribution in [2.75, 3.05) is 5.73 Å². The molecule has 98 valence electrons. The minimum absolute atomic E-state index is 0.222. The van der Waals surface area contributed by atoms with E-state index in [0.717, 1.165) is 22.0 Å². The number of aromatic nitrogens is 1. The molecule has 0 amide bonds. The SMILES string of the molecule is Cc1csc(C(C)NS(=O)(=O)c2cc(N)cs2)n1. The second kappa shape index (κ2) is 4.96. The average molecular weight is 303 g/mol. The molecule has 8 heteroatoms. The van der Waals surface area contributed by atoms with Gasteiger partial charge in [0.05, 0.1) is 6.04 Å². The van der Waals surface area contributed by atoms with E-state index in [9.17, 15) is 8.42 Å². The topological polar surface area (TPSA) is 85.1 Å². The van der Waals surface area contributed by atoms with E-state index in [4.69, 9.17) is 5.73 Å². The van der Waals surface area contributed by atoms with Gasteiger partial charge in [0.1, 0.15) is 9.22 Å². The van der Waals surface area contributed by atoms with E-state index >= 15 is 0 Å². The molecule has 2 rings (SSSR count). The van der Waals surface area contributed by atoms with E-state index < -0.39 is 10.0 Å². The highest BCUT2D eigenvalue weighted by Gasteiger charge is 2.21. The Morgan fingerprint density at radius 2 is 2.11 bits per heavy atom. The van der Waals surface area contributed by atoms with E-state index in [0.29, 0.717) is 5.69 Å². The lowest BCUT2D eigenvalue weighted by Gasteiger charge is -2.10. The van der Waals surface area contributed by atoms with Gasteiger partial charge in [-0.25, -0.2) is 18.1 Å². The molecule has 0 bridgehead atoms. The van der Waals surface area contributed by atoms with Crippen molar-refractivity contribution in [1.29, 1.82) is 0 Å². The molecule has 0 aliphatic rings. The second-order valence-electron chi connectivity index (χ2n) is 3.87. The van der Waals surface area contributed by atoms with Crippen LogP contribution in [0.1, 0.15) is 23.7 Å². The Labute approximate surface area is 114 Å². The highest BCUT2D eigenvalue weighted by molar-refractivity contribution is 7.91. The number of thiophene rings is 1. The van der Waals surface area contributed by atoms with Gasteiger partial charge in [-0.05, 0) is 19.9 Å². The first-order valence-electron chi connectivity index (χ1n) is 5.17. The largest absolute Gasteiger partial charge is 0.398 e. The van der Waals surface area contributed by atoms with Gasteiger partial charge < -0.3 is 5.73 Å². The molecule has 0 aromatic carbocycles. The maximum Gasteiger partial charge on any atom is 0.250 e. The van der Waals surface area contributed by atoms with Crippen LogP contribution in [-0.2, 0) is 10.0 Å². The molecular weight excluding hydrogens is 290 g/mol. The molecule has 0 saturated carbocycles. The first-order valence-corrected chi connectivity index (χ1v) is 8.41. The maximum atomic E-state index is 12.1. The summed E-state index contributed by atoms with van der Waals surface area (Å²) in [6.45, 7) is 3.65. The smallest absolute Gasteiger partial charge is 0.250 e. The van der Waals surface area contributed by atoms with E-state index in [1.165, 1.54) is 17.4 Å². The number of hydrogen-bond donors (Lipinski definition) is 2. The molecule has 2 aromatic heterocycles. The molecule has 0 saturated heterocycles. The normalized spacial score (nSPS) is 13.7. The van der Waals surface area contributed by atoms with Crippen molar-refractivity contribution < 1.29 is 8.42 Å². The number of anilines is 1. The predicted molar refractivity (Wildman–Crippen MR) is 74.3 cm³/mol. The molecule has 0 fully saturated rings. The molecule has 0 aliphatic heterocycles. The number of nitrogens with one attached hydrogen (secondary N) is 1. The zero-order valence-electron chi connectivity index (χ0n) is 9.88. The Balaban J connectivity index is 2.18. The van der Waals surface area contributed by atoms with Crippen LogP contribution in [0.3, 0.4) is 0 Å². The molecule has 2 heterocycles. The third-order valence-electron chi connectivity index (χ3n) is 2.20. The third-order valence-corrected chi connectivity index (χ3v) is 6.34. The van der Waals surface area contributed by atoms with E-state index in [2.05, 4.69) is 9.71 Å². The van der Waals surface area contributed by atoms with Crippen LogP contribution < -0.4 is 10.5 Å². The van der Waals surface area contributed by atoms with E-state index in [1.807, 2.05) is 12.3 Å². The second-order valence-corrected chi connectivity index (χ2v) is 7.61. The Kier molecular flexibility index (Phi) is 3.71. The van der Waals surface area contributed by atoms with E-state index in [1.54, 1.807) is 12.3 Å². The third kappa shape index (κ3) is 2.89. The van der Waals surface area contributed by atoms with Gasteiger partial charge in [-0.2, -0.15) is 0 Å². The number of thiazole rings is 1. The van der Waals surface area contributed by atoms with Crippen LogP contribution in [0.2, 0.25) is 0 Å². The van der Waals surface area contributed by atoms with Crippen molar-refractivity contribution in [3.8, 4) is 0 Å². The van der Waals surface area contributed by atoms with Crippen LogP contribution in [0, 0.1) is 6.92 Å². The van der Waals surface area contributed by atoms with Gasteiger partial charge in [-0.15, -0.1) is 22.7 Å². The zero-order valence-corrected chi connectivity index (χ0v) is 12.3. The van der Waals surface area contributed by atoms with Crippen LogP contribution in [-0.4, -0.2) is 13.4 Å². The average Bonchev–Trinajstić information content (AvgIpc) is 2.86. The van der Waals surface area contributed by atoms with Gasteiger partial charge in [0.15, 0.2) is 0 Å². The van der Waals surface area contributed by atoms with Crippen LogP contribution in [0.4, 0.5) is 5.69 Å². The molecule has 0 aliphatic carbocycles. The highest BCUT2D eigenvalue weighted by Crippen LogP contribution is 2.24. The summed E-state index contributed by atoms with van der Waals surface area (Å²) in [5, 5.41) is 4.25. The lowest BCUT2D eigenvalue weighted by molar-refractivity contribution is 0.568. The number of nitrogens with two attached hydrogens (primary N) is 1. The van der Waals surface area contributed by atoms with Gasteiger partial charge in [0, 0.05) is 22.1 Å². The fourth-order valence-electron chi connectivity index (χ4n) is 1.38. The van der Waals surface area contributed by atoms with Crippen molar-refractivity contribution >= 4 is 38.4 Å². The molecule has 18 heavy (non-hydrogen) atoms. The molecular formula is C10H13N3O2S3. The summed E-state index contributed by atoms with van der Waals surface area (Å²) in [6.07, 6.45) is 0. The number of aryl methyl sites for hydroxylation is 1. The molecule has 0 spiro atoms. The first kappa shape index (κ1) is 13.5. The molecule has 5 nitrogen and oxygen atoms in total. The standard InChI is InChI=1S/C10H13N3O2S3/c1-6-4-17-10(12-6)7(2)13-18(14,15)9-3-8(11)5-16-9/h3-5,7,13H,11H2,1-2H3. The lowest BCUT2D eigenvalue weighted by atomic mass is 10.4. The van der Waals surface area contributed by atoms with Gasteiger partial charge in [-0.1, -0.05) is 0 Å². The van der Waals surface area contributed by atoms with Crippen LogP contribution >= 0.6 is 22.7 Å². The van der Waals surface area contributed by atoms with Crippen molar-refractivity contribution in [1.82, 2.24) is 9.71 Å². The Morgan fingerprint density at radius 1 is 1.39 bits per heavy atom. The number of sulfonamides is 1. The number of nitrogens with zero attached hydrogens (tertiary/aromatic N) is 1. The number of rotatable bonds is 4. The molecule has 3 N–H and O–H groups in total. The van der Waals surface area contributed by atoms with E-state index in [-0.39, 0.29) is 10.3 Å². The van der Waals surface area contributed by atoms with Crippen molar-refractivity contribution in [3.63, 3.8) is 0 Å². The van der Waals surface area contributed by atoms with Gasteiger partial charge in [0.2, 0.25) is 0 Å². The Hall–Kier alpha value is -0.960. The summed E-state index contributed by atoms with van der Waals surface area (Å²) in [7, 11) is -3.52. The fourth-order valence-corrected chi connectivity index (χ4v) is 4.57. The van der Waals surface area contributed by atoms with Crippen molar-refractivity contribution in [2.24, 2.45) is 0 Å². The minimum Gasteiger partial charge on any atom is -0.398 e. The predicted octanol–water partition coefficient (Wildman–Crippen LogP) is 2.13. The highest BCUT2D eigenvalue weighted by atomic mass is 32.2. The number of hydrogen-bond acceptors (Lipinski definition) is 6. The quantitative estimate of drug-likeness (QED) is 0.906. The molecule has 1 atom stereocenters. The Morgan fingerprint density at radius 3 is 2.61 bits per heavy atom. The monoisotopic (exact) mass is 303 g/mol. The zero-order chi connectivity index (χ0) is 13.3. The summed E-state index contributed by atoms with van der Waals surface area (Å²) in [5.41, 5.74) is 6.88. The molecule has 2 aromatic rings.